The fourth-order valence-electron chi connectivity index (χ4n) is 2.40. The highest BCUT2D eigenvalue weighted by molar-refractivity contribution is 6.33. The number of methoxy groups -OCH3 is 1. The van der Waals surface area contributed by atoms with E-state index in [4.69, 9.17) is 25.9 Å². The molecule has 2 aromatic rings. The Morgan fingerprint density at radius 1 is 1.35 bits per heavy atom. The van der Waals surface area contributed by atoms with Crippen LogP contribution in [0.3, 0.4) is 0 Å². The Hall–Kier alpha value is -2.31. The smallest absolute Gasteiger partial charge is 0.391 e. The molecule has 0 bridgehead atoms. The number of rotatable bonds is 5. The molecule has 9 heteroatoms. The van der Waals surface area contributed by atoms with Crippen LogP contribution in [0.5, 0.6) is 5.75 Å². The molecule has 0 fully saturated rings. The maximum atomic E-state index is 12.7. The Morgan fingerprint density at radius 3 is 2.46 bits per heavy atom. The van der Waals surface area contributed by atoms with Gasteiger partial charge in [-0.1, -0.05) is 24.6 Å². The van der Waals surface area contributed by atoms with E-state index in [1.165, 1.54) is 14.0 Å². The zero-order chi connectivity index (χ0) is 19.9. The number of aromatic nitrogens is 2. The molecule has 0 radical (unpaired) electrons. The van der Waals surface area contributed by atoms with Crippen LogP contribution in [0, 0.1) is 5.92 Å². The van der Waals surface area contributed by atoms with E-state index < -0.39 is 12.1 Å². The van der Waals surface area contributed by atoms with Gasteiger partial charge in [-0.15, -0.1) is 0 Å². The summed E-state index contributed by atoms with van der Waals surface area (Å²) >= 11 is 6.18. The van der Waals surface area contributed by atoms with E-state index in [1.54, 1.807) is 29.1 Å². The summed E-state index contributed by atoms with van der Waals surface area (Å²) in [5, 5.41) is 4.64. The fraction of sp³-hybridized carbons (Fsp3) is 0.412. The fourth-order valence-corrected chi connectivity index (χ4v) is 2.64. The van der Waals surface area contributed by atoms with Gasteiger partial charge in [-0.2, -0.15) is 27.9 Å². The van der Waals surface area contributed by atoms with Crippen molar-refractivity contribution in [3.63, 3.8) is 0 Å². The molecule has 0 N–H and O–H groups in total. The van der Waals surface area contributed by atoms with Gasteiger partial charge >= 0.3 is 12.3 Å². The van der Waals surface area contributed by atoms with E-state index in [9.17, 15) is 13.2 Å². The quantitative estimate of drug-likeness (QED) is 0.759. The minimum Gasteiger partial charge on any atom is -0.496 e. The monoisotopic (exact) mass is 390 g/mol. The van der Waals surface area contributed by atoms with Crippen molar-refractivity contribution in [2.75, 3.05) is 7.11 Å². The maximum Gasteiger partial charge on any atom is 0.391 e. The topological polar surface area (TPSA) is 61.2 Å². The van der Waals surface area contributed by atoms with Crippen LogP contribution in [-0.4, -0.2) is 29.2 Å². The lowest BCUT2D eigenvalue weighted by Gasteiger charge is -2.17. The second kappa shape index (κ2) is 9.40. The first-order valence-electron chi connectivity index (χ1n) is 7.64. The lowest BCUT2D eigenvalue weighted by atomic mass is 9.98. The van der Waals surface area contributed by atoms with Gasteiger partial charge in [-0.05, 0) is 31.0 Å². The van der Waals surface area contributed by atoms with Crippen molar-refractivity contribution >= 4 is 17.8 Å². The predicted molar refractivity (Wildman–Crippen MR) is 88.8 cm³/mol. The molecule has 5 nitrogen and oxygen atoms in total. The highest BCUT2D eigenvalue weighted by Crippen LogP contribution is 2.37. The normalized spacial score (nSPS) is 12.0. The summed E-state index contributed by atoms with van der Waals surface area (Å²) in [6.07, 6.45) is -2.52. The van der Waals surface area contributed by atoms with Crippen LogP contribution < -0.4 is 4.74 Å². The number of hydrogen-bond donors (Lipinski definition) is 0. The standard InChI is InChI=1S/C16H18ClF3N2O.CO2/c1-4-22-15(13(17)9-21-22)12-6-5-11(8-14(12)23-3)7-10(2)16(18,19)20;2-1-3/h5-6,8-10H,4,7H2,1-3H3;/t10-;/m1./s1. The third-order valence-corrected chi connectivity index (χ3v) is 3.99. The van der Waals surface area contributed by atoms with E-state index in [2.05, 4.69) is 5.10 Å². The molecule has 26 heavy (non-hydrogen) atoms. The molecular weight excluding hydrogens is 373 g/mol. The van der Waals surface area contributed by atoms with Crippen molar-refractivity contribution < 1.29 is 27.5 Å². The summed E-state index contributed by atoms with van der Waals surface area (Å²) in [4.78, 5) is 16.2. The number of aryl methyl sites for hydroxylation is 1. The van der Waals surface area contributed by atoms with Gasteiger partial charge in [-0.25, -0.2) is 0 Å². The van der Waals surface area contributed by atoms with Crippen LogP contribution >= 0.6 is 11.6 Å². The zero-order valence-electron chi connectivity index (χ0n) is 14.4. The molecule has 0 unspecified atom stereocenters. The van der Waals surface area contributed by atoms with E-state index in [-0.39, 0.29) is 12.6 Å². The molecule has 0 saturated heterocycles. The van der Waals surface area contributed by atoms with Crippen molar-refractivity contribution in [1.29, 1.82) is 0 Å². The Kier molecular flexibility index (Phi) is 7.86. The van der Waals surface area contributed by atoms with Gasteiger partial charge in [0.05, 0.1) is 29.9 Å². The van der Waals surface area contributed by atoms with Crippen molar-refractivity contribution in [2.24, 2.45) is 5.92 Å². The number of carbonyl (C=O) groups excluding carboxylic acids is 2. The number of benzene rings is 1. The molecule has 1 aromatic carbocycles. The lowest BCUT2D eigenvalue weighted by molar-refractivity contribution is -0.191. The summed E-state index contributed by atoms with van der Waals surface area (Å²) in [7, 11) is 1.48. The maximum absolute atomic E-state index is 12.7. The molecule has 0 aliphatic carbocycles. The second-order valence-electron chi connectivity index (χ2n) is 5.42. The number of alkyl halides is 3. The van der Waals surface area contributed by atoms with Crippen LogP contribution in [0.25, 0.3) is 11.3 Å². The molecule has 1 atom stereocenters. The molecule has 0 amide bonds. The van der Waals surface area contributed by atoms with Gasteiger partial charge in [0.15, 0.2) is 0 Å². The molecule has 2 rings (SSSR count). The first-order valence-corrected chi connectivity index (χ1v) is 8.01. The summed E-state index contributed by atoms with van der Waals surface area (Å²) in [5.74, 6) is -0.934. The van der Waals surface area contributed by atoms with Crippen LogP contribution in [-0.2, 0) is 22.6 Å². The van der Waals surface area contributed by atoms with Gasteiger partial charge < -0.3 is 4.74 Å². The van der Waals surface area contributed by atoms with Gasteiger partial charge in [0, 0.05) is 12.1 Å². The molecule has 0 spiro atoms. The van der Waals surface area contributed by atoms with Crippen LogP contribution in [0.4, 0.5) is 13.2 Å². The summed E-state index contributed by atoms with van der Waals surface area (Å²) in [6.45, 7) is 3.72. The number of ether oxygens (including phenoxy) is 1. The highest BCUT2D eigenvalue weighted by atomic mass is 35.5. The summed E-state index contributed by atoms with van der Waals surface area (Å²) in [5.41, 5.74) is 1.97. The summed E-state index contributed by atoms with van der Waals surface area (Å²) < 4.78 is 45.2. The predicted octanol–water partition coefficient (Wildman–Crippen LogP) is 4.39. The molecule has 1 heterocycles. The van der Waals surface area contributed by atoms with E-state index in [1.807, 2.05) is 6.92 Å². The average molecular weight is 391 g/mol. The Balaban J connectivity index is 0.00000105. The molecule has 0 saturated carbocycles. The van der Waals surface area contributed by atoms with Crippen LogP contribution in [0.1, 0.15) is 19.4 Å². The highest BCUT2D eigenvalue weighted by Gasteiger charge is 2.35. The SMILES string of the molecule is CCn1ncc(Cl)c1-c1ccc(C[C@@H](C)C(F)(F)F)cc1OC.O=C=O. The molecule has 1 aromatic heterocycles. The zero-order valence-corrected chi connectivity index (χ0v) is 15.2. The van der Waals surface area contributed by atoms with Crippen molar-refractivity contribution in [3.05, 3.63) is 35.0 Å². The Labute approximate surface area is 153 Å². The first kappa shape index (κ1) is 21.7. The van der Waals surface area contributed by atoms with Gasteiger partial charge in [-0.3, -0.25) is 4.68 Å². The van der Waals surface area contributed by atoms with E-state index in [0.717, 1.165) is 0 Å². The van der Waals surface area contributed by atoms with Gasteiger partial charge in [0.2, 0.25) is 0 Å². The largest absolute Gasteiger partial charge is 0.496 e. The lowest BCUT2D eigenvalue weighted by Crippen LogP contribution is -2.21. The minimum absolute atomic E-state index is 0.0963. The van der Waals surface area contributed by atoms with Gasteiger partial charge in [0.25, 0.3) is 0 Å². The third kappa shape index (κ3) is 5.34. The Bertz CT molecular complexity index is 769. The number of halogens is 4. The van der Waals surface area contributed by atoms with Crippen LogP contribution in [0.15, 0.2) is 24.4 Å². The number of nitrogens with zero attached hydrogens (tertiary/aromatic N) is 2. The summed E-state index contributed by atoms with van der Waals surface area (Å²) in [6, 6.07) is 5.02. The molecule has 0 aliphatic heterocycles. The third-order valence-electron chi connectivity index (χ3n) is 3.72. The van der Waals surface area contributed by atoms with Crippen molar-refractivity contribution in [3.8, 4) is 17.0 Å². The molecule has 0 aliphatic rings. The Morgan fingerprint density at radius 2 is 1.96 bits per heavy atom. The van der Waals surface area contributed by atoms with Crippen LogP contribution in [0.2, 0.25) is 5.02 Å². The minimum atomic E-state index is -4.21. The molecule has 142 valence electrons. The number of hydrogen-bond acceptors (Lipinski definition) is 4. The van der Waals surface area contributed by atoms with E-state index in [0.29, 0.717) is 34.1 Å². The van der Waals surface area contributed by atoms with Gasteiger partial charge in [0.1, 0.15) is 5.75 Å². The second-order valence-corrected chi connectivity index (χ2v) is 5.83. The average Bonchev–Trinajstić information content (AvgIpc) is 2.95. The van der Waals surface area contributed by atoms with Crippen molar-refractivity contribution in [2.45, 2.75) is 33.0 Å². The first-order chi connectivity index (χ1) is 12.2. The molecular formula is C17H18ClF3N2O3. The van der Waals surface area contributed by atoms with E-state index >= 15 is 0 Å². The van der Waals surface area contributed by atoms with Crippen molar-refractivity contribution in [1.82, 2.24) is 9.78 Å².